The zero-order valence-electron chi connectivity index (χ0n) is 13.1. The Bertz CT molecular complexity index is 509. The highest BCUT2D eigenvalue weighted by atomic mass is 16.2. The number of benzene rings is 1. The van der Waals surface area contributed by atoms with E-state index in [1.54, 1.807) is 0 Å². The van der Waals surface area contributed by atoms with Crippen molar-refractivity contribution in [2.75, 3.05) is 51.2 Å². The number of likely N-dealkylation sites (tertiary alicyclic amines) is 1. The van der Waals surface area contributed by atoms with E-state index in [4.69, 9.17) is 0 Å². The minimum absolute atomic E-state index is 0.223. The number of hydrogen-bond donors (Lipinski definition) is 0. The Hall–Kier alpha value is -1.55. The van der Waals surface area contributed by atoms with Crippen LogP contribution in [0.15, 0.2) is 24.3 Å². The number of hydrogen-bond acceptors (Lipinski definition) is 3. The standard InChI is InChI=1S/C17H25N3O/c1-14-4-3-5-16(12-14)19-8-10-20(11-9-19)17(21)15-6-7-18(2)13-15/h3-5,12,15H,6-11,13H2,1-2H3. The normalized spacial score (nSPS) is 23.6. The maximum absolute atomic E-state index is 12.5. The van der Waals surface area contributed by atoms with Crippen molar-refractivity contribution in [2.24, 2.45) is 5.92 Å². The largest absolute Gasteiger partial charge is 0.368 e. The number of nitrogens with zero attached hydrogens (tertiary/aromatic N) is 3. The molecule has 0 aromatic heterocycles. The summed E-state index contributed by atoms with van der Waals surface area (Å²) in [4.78, 5) is 19.2. The van der Waals surface area contributed by atoms with Crippen LogP contribution in [0.4, 0.5) is 5.69 Å². The maximum atomic E-state index is 12.5. The first-order chi connectivity index (χ1) is 10.1. The molecule has 2 aliphatic rings. The van der Waals surface area contributed by atoms with Crippen LogP contribution in [0.1, 0.15) is 12.0 Å². The van der Waals surface area contributed by atoms with Gasteiger partial charge in [-0.05, 0) is 44.6 Å². The van der Waals surface area contributed by atoms with Gasteiger partial charge in [-0.2, -0.15) is 0 Å². The Morgan fingerprint density at radius 2 is 1.90 bits per heavy atom. The lowest BCUT2D eigenvalue weighted by molar-refractivity contribution is -0.135. The zero-order chi connectivity index (χ0) is 14.8. The van der Waals surface area contributed by atoms with Crippen LogP contribution in [0, 0.1) is 12.8 Å². The topological polar surface area (TPSA) is 26.8 Å². The first-order valence-corrected chi connectivity index (χ1v) is 7.92. The summed E-state index contributed by atoms with van der Waals surface area (Å²) in [6.07, 6.45) is 1.02. The first kappa shape index (κ1) is 14.4. The molecule has 2 fully saturated rings. The van der Waals surface area contributed by atoms with Crippen LogP contribution >= 0.6 is 0 Å². The van der Waals surface area contributed by atoms with Crippen LogP contribution in [0.2, 0.25) is 0 Å². The van der Waals surface area contributed by atoms with Crippen molar-refractivity contribution in [3.05, 3.63) is 29.8 Å². The lowest BCUT2D eigenvalue weighted by atomic mass is 10.1. The van der Waals surface area contributed by atoms with Gasteiger partial charge in [0, 0.05) is 38.4 Å². The summed E-state index contributed by atoms with van der Waals surface area (Å²) in [5.41, 5.74) is 2.57. The van der Waals surface area contributed by atoms with Gasteiger partial charge < -0.3 is 14.7 Å². The number of carbonyl (C=O) groups excluding carboxylic acids is 1. The first-order valence-electron chi connectivity index (χ1n) is 7.92. The molecule has 2 heterocycles. The molecule has 4 nitrogen and oxygen atoms in total. The molecule has 3 rings (SSSR count). The molecule has 1 amide bonds. The van der Waals surface area contributed by atoms with Gasteiger partial charge >= 0.3 is 0 Å². The van der Waals surface area contributed by atoms with Crippen molar-refractivity contribution in [3.8, 4) is 0 Å². The third-order valence-electron chi connectivity index (χ3n) is 4.70. The lowest BCUT2D eigenvalue weighted by Crippen LogP contribution is -2.50. The second-order valence-corrected chi connectivity index (χ2v) is 6.40. The molecular weight excluding hydrogens is 262 g/mol. The summed E-state index contributed by atoms with van der Waals surface area (Å²) < 4.78 is 0. The molecule has 2 saturated heterocycles. The Morgan fingerprint density at radius 3 is 2.52 bits per heavy atom. The smallest absolute Gasteiger partial charge is 0.227 e. The van der Waals surface area contributed by atoms with E-state index in [9.17, 15) is 4.79 Å². The maximum Gasteiger partial charge on any atom is 0.227 e. The SMILES string of the molecule is Cc1cccc(N2CCN(C(=O)C3CCN(C)C3)CC2)c1. The molecule has 1 aromatic carbocycles. The molecule has 4 heteroatoms. The van der Waals surface area contributed by atoms with E-state index in [1.165, 1.54) is 11.3 Å². The number of carbonyl (C=O) groups is 1. The molecule has 1 unspecified atom stereocenters. The monoisotopic (exact) mass is 287 g/mol. The van der Waals surface area contributed by atoms with E-state index in [0.717, 1.165) is 45.7 Å². The van der Waals surface area contributed by atoms with Crippen molar-refractivity contribution in [3.63, 3.8) is 0 Å². The Kier molecular flexibility index (Phi) is 4.15. The fourth-order valence-electron chi connectivity index (χ4n) is 3.40. The quantitative estimate of drug-likeness (QED) is 0.826. The van der Waals surface area contributed by atoms with Crippen molar-refractivity contribution >= 4 is 11.6 Å². The molecule has 114 valence electrons. The van der Waals surface area contributed by atoms with Crippen molar-refractivity contribution < 1.29 is 4.79 Å². The minimum atomic E-state index is 0.223. The van der Waals surface area contributed by atoms with Crippen molar-refractivity contribution in [2.45, 2.75) is 13.3 Å². The molecule has 21 heavy (non-hydrogen) atoms. The van der Waals surface area contributed by atoms with Gasteiger partial charge in [0.2, 0.25) is 5.91 Å². The molecule has 1 aromatic rings. The molecule has 0 radical (unpaired) electrons. The summed E-state index contributed by atoms with van der Waals surface area (Å²) in [5.74, 6) is 0.587. The van der Waals surface area contributed by atoms with Crippen molar-refractivity contribution in [1.82, 2.24) is 9.80 Å². The third-order valence-corrected chi connectivity index (χ3v) is 4.70. The number of aryl methyl sites for hydroxylation is 1. The van der Waals surface area contributed by atoms with Crippen LogP contribution in [0.3, 0.4) is 0 Å². The highest BCUT2D eigenvalue weighted by molar-refractivity contribution is 5.79. The van der Waals surface area contributed by atoms with Gasteiger partial charge in [-0.25, -0.2) is 0 Å². The van der Waals surface area contributed by atoms with Crippen LogP contribution in [-0.2, 0) is 4.79 Å². The average molecular weight is 287 g/mol. The third kappa shape index (κ3) is 3.21. The summed E-state index contributed by atoms with van der Waals surface area (Å²) in [7, 11) is 2.10. The fraction of sp³-hybridized carbons (Fsp3) is 0.588. The van der Waals surface area contributed by atoms with Gasteiger partial charge in [0.15, 0.2) is 0 Å². The number of amides is 1. The van der Waals surface area contributed by atoms with Gasteiger partial charge in [-0.3, -0.25) is 4.79 Å². The second kappa shape index (κ2) is 6.06. The molecule has 2 aliphatic heterocycles. The minimum Gasteiger partial charge on any atom is -0.368 e. The molecule has 0 bridgehead atoms. The average Bonchev–Trinajstić information content (AvgIpc) is 2.93. The molecule has 0 aliphatic carbocycles. The van der Waals surface area contributed by atoms with Gasteiger partial charge in [0.1, 0.15) is 0 Å². The number of piperazine rings is 1. The van der Waals surface area contributed by atoms with E-state index in [0.29, 0.717) is 5.91 Å². The van der Waals surface area contributed by atoms with Crippen LogP contribution in [0.5, 0.6) is 0 Å². The van der Waals surface area contributed by atoms with E-state index >= 15 is 0 Å². The van der Waals surface area contributed by atoms with Crippen LogP contribution in [0.25, 0.3) is 0 Å². The molecule has 0 N–H and O–H groups in total. The van der Waals surface area contributed by atoms with E-state index < -0.39 is 0 Å². The highest BCUT2D eigenvalue weighted by Gasteiger charge is 2.31. The molecule has 0 saturated carbocycles. The summed E-state index contributed by atoms with van der Waals surface area (Å²) in [6.45, 7) is 7.70. The van der Waals surface area contributed by atoms with Gasteiger partial charge in [-0.1, -0.05) is 12.1 Å². The number of rotatable bonds is 2. The van der Waals surface area contributed by atoms with E-state index in [1.807, 2.05) is 0 Å². The lowest BCUT2D eigenvalue weighted by Gasteiger charge is -2.37. The Morgan fingerprint density at radius 1 is 1.14 bits per heavy atom. The van der Waals surface area contributed by atoms with Crippen molar-refractivity contribution in [1.29, 1.82) is 0 Å². The molecule has 0 spiro atoms. The molecular formula is C17H25N3O. The predicted octanol–water partition coefficient (Wildman–Crippen LogP) is 1.60. The Labute approximate surface area is 127 Å². The summed E-state index contributed by atoms with van der Waals surface area (Å²) in [5, 5.41) is 0. The van der Waals surface area contributed by atoms with Gasteiger partial charge in [-0.15, -0.1) is 0 Å². The summed E-state index contributed by atoms with van der Waals surface area (Å²) >= 11 is 0. The van der Waals surface area contributed by atoms with Gasteiger partial charge in [0.05, 0.1) is 5.92 Å². The van der Waals surface area contributed by atoms with Crippen LogP contribution in [-0.4, -0.2) is 62.0 Å². The second-order valence-electron chi connectivity index (χ2n) is 6.40. The summed E-state index contributed by atoms with van der Waals surface area (Å²) in [6, 6.07) is 8.62. The Balaban J connectivity index is 1.56. The fourth-order valence-corrected chi connectivity index (χ4v) is 3.40. The van der Waals surface area contributed by atoms with E-state index in [2.05, 4.69) is 52.9 Å². The van der Waals surface area contributed by atoms with E-state index in [-0.39, 0.29) is 5.92 Å². The predicted molar refractivity (Wildman–Crippen MR) is 85.6 cm³/mol. The highest BCUT2D eigenvalue weighted by Crippen LogP contribution is 2.21. The molecule has 1 atom stereocenters. The number of anilines is 1. The van der Waals surface area contributed by atoms with Crippen LogP contribution < -0.4 is 4.90 Å². The van der Waals surface area contributed by atoms with Gasteiger partial charge in [0.25, 0.3) is 0 Å². The zero-order valence-corrected chi connectivity index (χ0v) is 13.1.